The van der Waals surface area contributed by atoms with Gasteiger partial charge in [0.2, 0.25) is 0 Å². The minimum Gasteiger partial charge on any atom is -0.506 e. The first-order valence-electron chi connectivity index (χ1n) is 7.28. The van der Waals surface area contributed by atoms with Crippen LogP contribution in [0.1, 0.15) is 70.3 Å². The summed E-state index contributed by atoms with van der Waals surface area (Å²) in [5, 5.41) is 9.72. The van der Waals surface area contributed by atoms with Crippen LogP contribution in [0.2, 0.25) is 0 Å². The van der Waals surface area contributed by atoms with Crippen LogP contribution < -0.4 is 5.73 Å². The third-order valence-corrected chi connectivity index (χ3v) is 3.62. The Hall–Kier alpha value is -1.18. The van der Waals surface area contributed by atoms with Crippen LogP contribution in [0.5, 0.6) is 5.75 Å². The molecule has 0 saturated carbocycles. The Kier molecular flexibility index (Phi) is 6.63. The highest BCUT2D eigenvalue weighted by atomic mass is 16.3. The van der Waals surface area contributed by atoms with E-state index in [1.165, 1.54) is 44.9 Å². The highest BCUT2D eigenvalue weighted by Crippen LogP contribution is 2.35. The maximum absolute atomic E-state index is 9.72. The lowest BCUT2D eigenvalue weighted by atomic mass is 9.87. The summed E-state index contributed by atoms with van der Waals surface area (Å²) in [5.74, 6) is 0.730. The molecule has 1 atom stereocenters. The molecule has 2 nitrogen and oxygen atoms in total. The standard InChI is InChI=1S/C16H27NO/c1-3-5-7-10-13(9-6-4-2)14-11-8-12-15(18)16(14)17/h8,11-13,18H,3-7,9-10,17H2,1-2H3. The number of benzene rings is 1. The Morgan fingerprint density at radius 3 is 2.39 bits per heavy atom. The fourth-order valence-corrected chi connectivity index (χ4v) is 2.47. The fourth-order valence-electron chi connectivity index (χ4n) is 2.47. The van der Waals surface area contributed by atoms with E-state index in [2.05, 4.69) is 19.9 Å². The number of phenols is 1. The van der Waals surface area contributed by atoms with Gasteiger partial charge in [-0.05, 0) is 30.4 Å². The smallest absolute Gasteiger partial charge is 0.138 e. The molecule has 1 aromatic carbocycles. The van der Waals surface area contributed by atoms with Crippen LogP contribution >= 0.6 is 0 Å². The number of hydrogen-bond acceptors (Lipinski definition) is 2. The van der Waals surface area contributed by atoms with E-state index in [-0.39, 0.29) is 5.75 Å². The van der Waals surface area contributed by atoms with E-state index in [0.717, 1.165) is 5.56 Å². The Balaban J connectivity index is 2.76. The minimum absolute atomic E-state index is 0.226. The number of unbranched alkanes of at least 4 members (excludes halogenated alkanes) is 3. The molecule has 0 spiro atoms. The molecular formula is C16H27NO. The first-order chi connectivity index (χ1) is 8.70. The van der Waals surface area contributed by atoms with Crippen molar-refractivity contribution in [3.63, 3.8) is 0 Å². The number of nitrogens with two attached hydrogens (primary N) is 1. The van der Waals surface area contributed by atoms with Gasteiger partial charge < -0.3 is 10.8 Å². The van der Waals surface area contributed by atoms with Gasteiger partial charge in [0.1, 0.15) is 5.75 Å². The Bertz CT molecular complexity index is 349. The molecular weight excluding hydrogens is 222 g/mol. The van der Waals surface area contributed by atoms with Crippen LogP contribution in [0.25, 0.3) is 0 Å². The van der Waals surface area contributed by atoms with Crippen LogP contribution in [0, 0.1) is 0 Å². The molecule has 2 heteroatoms. The summed E-state index contributed by atoms with van der Waals surface area (Å²) in [4.78, 5) is 0. The van der Waals surface area contributed by atoms with E-state index in [1.54, 1.807) is 6.07 Å². The summed E-state index contributed by atoms with van der Waals surface area (Å²) >= 11 is 0. The Labute approximate surface area is 111 Å². The Morgan fingerprint density at radius 2 is 1.72 bits per heavy atom. The average Bonchev–Trinajstić information content (AvgIpc) is 2.37. The van der Waals surface area contributed by atoms with Gasteiger partial charge in [0.15, 0.2) is 0 Å². The van der Waals surface area contributed by atoms with Gasteiger partial charge in [0.05, 0.1) is 5.69 Å². The van der Waals surface area contributed by atoms with Crippen molar-refractivity contribution >= 4 is 5.69 Å². The molecule has 0 aliphatic carbocycles. The predicted molar refractivity (Wildman–Crippen MR) is 78.9 cm³/mol. The van der Waals surface area contributed by atoms with Gasteiger partial charge in [-0.25, -0.2) is 0 Å². The number of anilines is 1. The highest BCUT2D eigenvalue weighted by Gasteiger charge is 2.15. The normalized spacial score (nSPS) is 12.6. The molecule has 0 bridgehead atoms. The maximum Gasteiger partial charge on any atom is 0.138 e. The van der Waals surface area contributed by atoms with Crippen LogP contribution in [0.4, 0.5) is 5.69 Å². The molecule has 1 rings (SSSR count). The molecule has 0 fully saturated rings. The second kappa shape index (κ2) is 8.02. The Morgan fingerprint density at radius 1 is 1.06 bits per heavy atom. The summed E-state index contributed by atoms with van der Waals surface area (Å²) in [6, 6.07) is 5.64. The predicted octanol–water partition coefficient (Wildman–Crippen LogP) is 4.83. The van der Waals surface area contributed by atoms with E-state index in [9.17, 15) is 5.11 Å². The number of para-hydroxylation sites is 1. The molecule has 0 saturated heterocycles. The first kappa shape index (κ1) is 14.9. The molecule has 0 amide bonds. The lowest BCUT2D eigenvalue weighted by Crippen LogP contribution is -2.04. The number of rotatable bonds is 8. The molecule has 1 aromatic rings. The van der Waals surface area contributed by atoms with Crippen molar-refractivity contribution in [1.82, 2.24) is 0 Å². The monoisotopic (exact) mass is 249 g/mol. The van der Waals surface area contributed by atoms with Gasteiger partial charge in [0, 0.05) is 0 Å². The molecule has 3 N–H and O–H groups in total. The zero-order valence-corrected chi connectivity index (χ0v) is 11.8. The van der Waals surface area contributed by atoms with Crippen molar-refractivity contribution in [2.45, 2.75) is 64.7 Å². The quantitative estimate of drug-likeness (QED) is 0.394. The van der Waals surface area contributed by atoms with Crippen molar-refractivity contribution < 1.29 is 5.11 Å². The minimum atomic E-state index is 0.226. The SMILES string of the molecule is CCCCCC(CCCC)c1cccc(O)c1N. The topological polar surface area (TPSA) is 46.2 Å². The summed E-state index contributed by atoms with van der Waals surface area (Å²) in [5.41, 5.74) is 7.73. The van der Waals surface area contributed by atoms with Gasteiger partial charge >= 0.3 is 0 Å². The molecule has 102 valence electrons. The summed E-state index contributed by atoms with van der Waals surface area (Å²) in [6.07, 6.45) is 8.57. The van der Waals surface area contributed by atoms with Crippen LogP contribution in [0.15, 0.2) is 18.2 Å². The van der Waals surface area contributed by atoms with E-state index >= 15 is 0 Å². The highest BCUT2D eigenvalue weighted by molar-refractivity contribution is 5.58. The molecule has 0 radical (unpaired) electrons. The zero-order chi connectivity index (χ0) is 13.4. The second-order valence-corrected chi connectivity index (χ2v) is 5.11. The van der Waals surface area contributed by atoms with Crippen LogP contribution in [0.3, 0.4) is 0 Å². The van der Waals surface area contributed by atoms with Gasteiger partial charge in [-0.15, -0.1) is 0 Å². The molecule has 1 unspecified atom stereocenters. The fraction of sp³-hybridized carbons (Fsp3) is 0.625. The summed E-state index contributed by atoms with van der Waals surface area (Å²) < 4.78 is 0. The summed E-state index contributed by atoms with van der Waals surface area (Å²) in [7, 11) is 0. The third kappa shape index (κ3) is 4.25. The zero-order valence-electron chi connectivity index (χ0n) is 11.8. The maximum atomic E-state index is 9.72. The number of phenolic OH excluding ortho intramolecular Hbond substituents is 1. The van der Waals surface area contributed by atoms with Crippen molar-refractivity contribution in [2.24, 2.45) is 0 Å². The van der Waals surface area contributed by atoms with Gasteiger partial charge in [-0.2, -0.15) is 0 Å². The molecule has 0 aliphatic heterocycles. The second-order valence-electron chi connectivity index (χ2n) is 5.11. The number of hydrogen-bond donors (Lipinski definition) is 2. The van der Waals surface area contributed by atoms with Crippen molar-refractivity contribution in [2.75, 3.05) is 5.73 Å². The van der Waals surface area contributed by atoms with Crippen LogP contribution in [-0.2, 0) is 0 Å². The first-order valence-corrected chi connectivity index (χ1v) is 7.28. The lowest BCUT2D eigenvalue weighted by Gasteiger charge is -2.19. The van der Waals surface area contributed by atoms with Crippen molar-refractivity contribution in [1.29, 1.82) is 0 Å². The van der Waals surface area contributed by atoms with Gasteiger partial charge in [-0.3, -0.25) is 0 Å². The molecule has 0 aromatic heterocycles. The third-order valence-electron chi connectivity index (χ3n) is 3.62. The molecule has 18 heavy (non-hydrogen) atoms. The van der Waals surface area contributed by atoms with E-state index in [1.807, 2.05) is 6.07 Å². The number of nitrogen functional groups attached to an aromatic ring is 1. The molecule has 0 heterocycles. The van der Waals surface area contributed by atoms with E-state index in [4.69, 9.17) is 5.73 Å². The average molecular weight is 249 g/mol. The van der Waals surface area contributed by atoms with Gasteiger partial charge in [-0.1, -0.05) is 58.1 Å². The van der Waals surface area contributed by atoms with Crippen LogP contribution in [-0.4, -0.2) is 5.11 Å². The lowest BCUT2D eigenvalue weighted by molar-refractivity contribution is 0.473. The number of aromatic hydroxyl groups is 1. The van der Waals surface area contributed by atoms with Crippen molar-refractivity contribution in [3.05, 3.63) is 23.8 Å². The van der Waals surface area contributed by atoms with Gasteiger partial charge in [0.25, 0.3) is 0 Å². The summed E-state index contributed by atoms with van der Waals surface area (Å²) in [6.45, 7) is 4.44. The van der Waals surface area contributed by atoms with E-state index < -0.39 is 0 Å². The van der Waals surface area contributed by atoms with Crippen molar-refractivity contribution in [3.8, 4) is 5.75 Å². The molecule has 0 aliphatic rings. The van der Waals surface area contributed by atoms with E-state index in [0.29, 0.717) is 11.6 Å². The largest absolute Gasteiger partial charge is 0.506 e.